The van der Waals surface area contributed by atoms with E-state index >= 15 is 0 Å². The lowest BCUT2D eigenvalue weighted by Gasteiger charge is -2.08. The largest absolute Gasteiger partial charge is 0.478 e. The van der Waals surface area contributed by atoms with Gasteiger partial charge in [0.1, 0.15) is 0 Å². The summed E-state index contributed by atoms with van der Waals surface area (Å²) < 4.78 is 13.1. The van der Waals surface area contributed by atoms with E-state index in [2.05, 4.69) is 0 Å². The molecule has 3 aromatic rings. The predicted octanol–water partition coefficient (Wildman–Crippen LogP) is 4.88. The maximum absolute atomic E-state index is 13.1. The minimum Gasteiger partial charge on any atom is -0.478 e. The average molecular weight is 350 g/mol. The van der Waals surface area contributed by atoms with Gasteiger partial charge in [0, 0.05) is 10.5 Å². The van der Waals surface area contributed by atoms with Gasteiger partial charge in [0.05, 0.1) is 15.7 Å². The molecule has 0 aliphatic heterocycles. The SMILES string of the molecule is CC/C(=C\c1ccccc1S(=O)c1ccc2ccccc2c1)C(=O)O. The van der Waals surface area contributed by atoms with Gasteiger partial charge in [-0.3, -0.25) is 0 Å². The minimum atomic E-state index is -1.38. The van der Waals surface area contributed by atoms with Gasteiger partial charge in [0.25, 0.3) is 0 Å². The molecule has 0 saturated carbocycles. The monoisotopic (exact) mass is 350 g/mol. The Balaban J connectivity index is 2.06. The molecule has 1 N–H and O–H groups in total. The van der Waals surface area contributed by atoms with Crippen molar-refractivity contribution >= 4 is 33.6 Å². The molecule has 3 rings (SSSR count). The Labute approximate surface area is 149 Å². The molecule has 0 heterocycles. The van der Waals surface area contributed by atoms with Crippen molar-refractivity contribution < 1.29 is 14.1 Å². The van der Waals surface area contributed by atoms with Crippen molar-refractivity contribution in [3.63, 3.8) is 0 Å². The van der Waals surface area contributed by atoms with Gasteiger partial charge in [-0.2, -0.15) is 0 Å². The fourth-order valence-electron chi connectivity index (χ4n) is 2.68. The summed E-state index contributed by atoms with van der Waals surface area (Å²) in [5.74, 6) is -0.950. The number of fused-ring (bicyclic) bond motifs is 1. The highest BCUT2D eigenvalue weighted by Crippen LogP contribution is 2.25. The van der Waals surface area contributed by atoms with E-state index in [0.29, 0.717) is 27.3 Å². The molecule has 3 aromatic carbocycles. The minimum absolute atomic E-state index is 0.294. The maximum Gasteiger partial charge on any atom is 0.331 e. The van der Waals surface area contributed by atoms with Gasteiger partial charge in [-0.05, 0) is 47.0 Å². The molecule has 0 aliphatic rings. The third-order valence-corrected chi connectivity index (χ3v) is 5.49. The predicted molar refractivity (Wildman–Crippen MR) is 101 cm³/mol. The van der Waals surface area contributed by atoms with E-state index in [-0.39, 0.29) is 0 Å². The summed E-state index contributed by atoms with van der Waals surface area (Å²) in [5.41, 5.74) is 0.969. The van der Waals surface area contributed by atoms with Crippen molar-refractivity contribution in [1.82, 2.24) is 0 Å². The van der Waals surface area contributed by atoms with Gasteiger partial charge < -0.3 is 5.11 Å². The van der Waals surface area contributed by atoms with Crippen molar-refractivity contribution in [3.8, 4) is 0 Å². The third-order valence-electron chi connectivity index (χ3n) is 4.04. The highest BCUT2D eigenvalue weighted by molar-refractivity contribution is 7.85. The zero-order valence-corrected chi connectivity index (χ0v) is 14.6. The van der Waals surface area contributed by atoms with Crippen molar-refractivity contribution in [2.45, 2.75) is 23.1 Å². The molecule has 0 saturated heterocycles. The van der Waals surface area contributed by atoms with E-state index in [1.165, 1.54) is 0 Å². The van der Waals surface area contributed by atoms with Gasteiger partial charge >= 0.3 is 5.97 Å². The molecule has 1 atom stereocenters. The number of carboxylic acids is 1. The number of carboxylic acid groups (broad SMARTS) is 1. The normalized spacial score (nSPS) is 12.9. The van der Waals surface area contributed by atoms with E-state index < -0.39 is 16.8 Å². The highest BCUT2D eigenvalue weighted by Gasteiger charge is 2.13. The molecular formula is C21H18O3S. The first-order valence-corrected chi connectivity index (χ1v) is 9.18. The second-order valence-corrected chi connectivity index (χ2v) is 7.09. The van der Waals surface area contributed by atoms with Gasteiger partial charge in [-0.1, -0.05) is 55.5 Å². The van der Waals surface area contributed by atoms with Crippen LogP contribution in [0.1, 0.15) is 18.9 Å². The van der Waals surface area contributed by atoms with Crippen LogP contribution in [0.25, 0.3) is 16.8 Å². The van der Waals surface area contributed by atoms with Crippen LogP contribution in [0.3, 0.4) is 0 Å². The van der Waals surface area contributed by atoms with E-state index in [1.807, 2.05) is 54.6 Å². The van der Waals surface area contributed by atoms with Crippen LogP contribution in [0, 0.1) is 0 Å². The van der Waals surface area contributed by atoms with Crippen LogP contribution in [0.5, 0.6) is 0 Å². The Hall–Kier alpha value is -2.72. The Morgan fingerprint density at radius 2 is 1.68 bits per heavy atom. The molecule has 3 nitrogen and oxygen atoms in total. The fourth-order valence-corrected chi connectivity index (χ4v) is 3.90. The van der Waals surface area contributed by atoms with Crippen LogP contribution in [-0.2, 0) is 15.6 Å². The summed E-state index contributed by atoms with van der Waals surface area (Å²) in [5, 5.41) is 11.4. The molecule has 126 valence electrons. The fraction of sp³-hybridized carbons (Fsp3) is 0.0952. The zero-order chi connectivity index (χ0) is 17.8. The van der Waals surface area contributed by atoms with E-state index in [9.17, 15) is 14.1 Å². The maximum atomic E-state index is 13.1. The summed E-state index contributed by atoms with van der Waals surface area (Å²) in [6, 6.07) is 20.9. The number of hydrogen-bond acceptors (Lipinski definition) is 2. The van der Waals surface area contributed by atoms with E-state index in [4.69, 9.17) is 0 Å². The highest BCUT2D eigenvalue weighted by atomic mass is 32.2. The number of rotatable bonds is 5. The quantitative estimate of drug-likeness (QED) is 0.667. The first-order chi connectivity index (χ1) is 12.1. The Kier molecular flexibility index (Phi) is 5.10. The number of aliphatic carboxylic acids is 1. The van der Waals surface area contributed by atoms with Gasteiger partial charge in [-0.25, -0.2) is 9.00 Å². The van der Waals surface area contributed by atoms with Gasteiger partial charge in [0.15, 0.2) is 0 Å². The summed E-state index contributed by atoms with van der Waals surface area (Å²) in [6.07, 6.45) is 2.02. The summed E-state index contributed by atoms with van der Waals surface area (Å²) >= 11 is 0. The summed E-state index contributed by atoms with van der Waals surface area (Å²) in [4.78, 5) is 12.6. The Morgan fingerprint density at radius 1 is 1.00 bits per heavy atom. The number of benzene rings is 3. The zero-order valence-electron chi connectivity index (χ0n) is 13.8. The van der Waals surface area contributed by atoms with Crippen LogP contribution in [0.15, 0.2) is 82.1 Å². The average Bonchev–Trinajstić information content (AvgIpc) is 2.65. The topological polar surface area (TPSA) is 54.4 Å². The molecule has 0 aliphatic carbocycles. The second kappa shape index (κ2) is 7.45. The second-order valence-electron chi connectivity index (χ2n) is 5.64. The molecule has 0 aromatic heterocycles. The molecule has 0 spiro atoms. The van der Waals surface area contributed by atoms with Crippen LogP contribution < -0.4 is 0 Å². The lowest BCUT2D eigenvalue weighted by molar-refractivity contribution is -0.132. The smallest absolute Gasteiger partial charge is 0.331 e. The lowest BCUT2D eigenvalue weighted by atomic mass is 10.1. The molecular weight excluding hydrogens is 332 g/mol. The van der Waals surface area contributed by atoms with Crippen LogP contribution in [-0.4, -0.2) is 15.3 Å². The Morgan fingerprint density at radius 3 is 2.40 bits per heavy atom. The van der Waals surface area contributed by atoms with Crippen molar-refractivity contribution in [1.29, 1.82) is 0 Å². The van der Waals surface area contributed by atoms with Gasteiger partial charge in [0.2, 0.25) is 0 Å². The molecule has 0 bridgehead atoms. The van der Waals surface area contributed by atoms with Crippen molar-refractivity contribution in [3.05, 3.63) is 77.9 Å². The van der Waals surface area contributed by atoms with Gasteiger partial charge in [-0.15, -0.1) is 0 Å². The molecule has 1 unspecified atom stereocenters. The van der Waals surface area contributed by atoms with Crippen LogP contribution in [0.2, 0.25) is 0 Å². The summed E-state index contributed by atoms with van der Waals surface area (Å²) in [6.45, 7) is 1.79. The van der Waals surface area contributed by atoms with Crippen LogP contribution >= 0.6 is 0 Å². The van der Waals surface area contributed by atoms with Crippen molar-refractivity contribution in [2.75, 3.05) is 0 Å². The molecule has 4 heteroatoms. The lowest BCUT2D eigenvalue weighted by Crippen LogP contribution is -2.01. The van der Waals surface area contributed by atoms with Crippen LogP contribution in [0.4, 0.5) is 0 Å². The first-order valence-electron chi connectivity index (χ1n) is 8.03. The standard InChI is InChI=1S/C21H18O3S/c1-2-15(21(22)23)13-18-9-5-6-10-20(18)25(24)19-12-11-16-7-3-4-8-17(16)14-19/h3-14H,2H2,1H3,(H,22,23)/b15-13+. The Bertz CT molecular complexity index is 989. The first kappa shape index (κ1) is 17.1. The van der Waals surface area contributed by atoms with Crippen molar-refractivity contribution in [2.24, 2.45) is 0 Å². The molecule has 0 radical (unpaired) electrons. The molecule has 0 fully saturated rings. The number of carbonyl (C=O) groups is 1. The van der Waals surface area contributed by atoms with E-state index in [0.717, 1.165) is 10.8 Å². The van der Waals surface area contributed by atoms with E-state index in [1.54, 1.807) is 25.1 Å². The number of hydrogen-bond donors (Lipinski definition) is 1. The molecule has 0 amide bonds. The molecule has 25 heavy (non-hydrogen) atoms. The third kappa shape index (κ3) is 3.69. The summed E-state index contributed by atoms with van der Waals surface area (Å²) in [7, 11) is -1.38.